The number of amides is 1. The van der Waals surface area contributed by atoms with Crippen LogP contribution in [0.4, 0.5) is 0 Å². The molecule has 3 N–H and O–H groups in total. The number of aryl methyl sites for hydroxylation is 1. The first-order chi connectivity index (χ1) is 9.22. The highest BCUT2D eigenvalue weighted by Gasteiger charge is 2.22. The van der Waals surface area contributed by atoms with Crippen LogP contribution in [0.25, 0.3) is 0 Å². The molecule has 1 atom stereocenters. The molecule has 19 heavy (non-hydrogen) atoms. The van der Waals surface area contributed by atoms with E-state index < -0.39 is 0 Å². The summed E-state index contributed by atoms with van der Waals surface area (Å²) < 4.78 is 0. The second-order valence-corrected chi connectivity index (χ2v) is 4.59. The zero-order valence-electron chi connectivity index (χ0n) is 10.1. The summed E-state index contributed by atoms with van der Waals surface area (Å²) in [6.45, 7) is 0. The lowest BCUT2D eigenvalue weighted by Gasteiger charge is -2.22. The van der Waals surface area contributed by atoms with E-state index in [-0.39, 0.29) is 23.2 Å². The molecule has 0 saturated heterocycles. The summed E-state index contributed by atoms with van der Waals surface area (Å²) >= 11 is 0. The predicted octanol–water partition coefficient (Wildman–Crippen LogP) is -0.220. The molecular formula is C12H13N5O2. The third-order valence-corrected chi connectivity index (χ3v) is 3.27. The van der Waals surface area contributed by atoms with Crippen LogP contribution in [0, 0.1) is 0 Å². The minimum absolute atomic E-state index is 0.0641. The van der Waals surface area contributed by atoms with E-state index in [1.54, 1.807) is 0 Å². The molecule has 0 aliphatic heterocycles. The van der Waals surface area contributed by atoms with Gasteiger partial charge in [-0.2, -0.15) is 10.2 Å². The lowest BCUT2D eigenvalue weighted by Crippen LogP contribution is -2.39. The van der Waals surface area contributed by atoms with Crippen molar-refractivity contribution >= 4 is 5.91 Å². The molecule has 2 heterocycles. The van der Waals surface area contributed by atoms with Crippen molar-refractivity contribution in [3.63, 3.8) is 0 Å². The average molecular weight is 259 g/mol. The van der Waals surface area contributed by atoms with E-state index in [4.69, 9.17) is 0 Å². The number of nitrogens with one attached hydrogen (secondary N) is 3. The molecular weight excluding hydrogens is 246 g/mol. The van der Waals surface area contributed by atoms with Crippen LogP contribution in [-0.2, 0) is 12.8 Å². The molecule has 1 aliphatic rings. The van der Waals surface area contributed by atoms with E-state index in [0.717, 1.165) is 25.0 Å². The maximum Gasteiger partial charge on any atom is 0.271 e. The molecule has 0 aromatic carbocycles. The Kier molecular flexibility index (Phi) is 2.86. The van der Waals surface area contributed by atoms with Crippen LogP contribution in [0.15, 0.2) is 23.1 Å². The van der Waals surface area contributed by atoms with Crippen molar-refractivity contribution in [1.29, 1.82) is 0 Å². The van der Waals surface area contributed by atoms with Crippen LogP contribution < -0.4 is 10.9 Å². The Hall–Kier alpha value is -2.44. The average Bonchev–Trinajstić information content (AvgIpc) is 2.87. The van der Waals surface area contributed by atoms with Gasteiger partial charge in [0, 0.05) is 24.2 Å². The van der Waals surface area contributed by atoms with Gasteiger partial charge >= 0.3 is 0 Å². The fourth-order valence-electron chi connectivity index (χ4n) is 2.26. The summed E-state index contributed by atoms with van der Waals surface area (Å²) in [6.07, 6.45) is 4.35. The summed E-state index contributed by atoms with van der Waals surface area (Å²) in [6, 6.07) is 2.77. The molecule has 7 heteroatoms. The molecule has 2 aromatic rings. The van der Waals surface area contributed by atoms with Gasteiger partial charge in [0.1, 0.15) is 5.69 Å². The largest absolute Gasteiger partial charge is 0.348 e. The maximum absolute atomic E-state index is 12.0. The number of rotatable bonds is 2. The normalized spacial score (nSPS) is 17.8. The van der Waals surface area contributed by atoms with Crippen molar-refractivity contribution in [3.8, 4) is 0 Å². The molecule has 1 aliphatic carbocycles. The molecule has 0 bridgehead atoms. The Labute approximate surface area is 108 Å². The Bertz CT molecular complexity index is 640. The summed E-state index contributed by atoms with van der Waals surface area (Å²) in [5.41, 5.74) is 2.19. The summed E-state index contributed by atoms with van der Waals surface area (Å²) in [5, 5.41) is 15.8. The van der Waals surface area contributed by atoms with Crippen LogP contribution in [-0.4, -0.2) is 32.3 Å². The van der Waals surface area contributed by atoms with Crippen molar-refractivity contribution in [2.75, 3.05) is 0 Å². The van der Waals surface area contributed by atoms with Crippen LogP contribution in [0.1, 0.15) is 28.2 Å². The number of carbonyl (C=O) groups excluding carboxylic acids is 1. The van der Waals surface area contributed by atoms with E-state index in [1.165, 1.54) is 17.7 Å². The predicted molar refractivity (Wildman–Crippen MR) is 66.7 cm³/mol. The molecule has 98 valence electrons. The zero-order chi connectivity index (χ0) is 13.2. The second-order valence-electron chi connectivity index (χ2n) is 4.59. The first-order valence-corrected chi connectivity index (χ1v) is 6.10. The van der Waals surface area contributed by atoms with Gasteiger partial charge in [-0.3, -0.25) is 14.7 Å². The molecule has 0 saturated carbocycles. The molecule has 2 aromatic heterocycles. The fraction of sp³-hybridized carbons (Fsp3) is 0.333. The van der Waals surface area contributed by atoms with Crippen molar-refractivity contribution in [1.82, 2.24) is 25.7 Å². The minimum atomic E-state index is -0.323. The van der Waals surface area contributed by atoms with E-state index in [2.05, 4.69) is 25.7 Å². The first kappa shape index (κ1) is 11.6. The van der Waals surface area contributed by atoms with Crippen molar-refractivity contribution < 1.29 is 4.79 Å². The molecule has 3 rings (SSSR count). The molecule has 7 nitrogen and oxygen atoms in total. The van der Waals surface area contributed by atoms with Gasteiger partial charge in [-0.1, -0.05) is 0 Å². The van der Waals surface area contributed by atoms with Gasteiger partial charge in [0.05, 0.1) is 6.20 Å². The highest BCUT2D eigenvalue weighted by molar-refractivity contribution is 5.92. The monoisotopic (exact) mass is 259 g/mol. The molecule has 1 unspecified atom stereocenters. The highest BCUT2D eigenvalue weighted by atomic mass is 16.2. The summed E-state index contributed by atoms with van der Waals surface area (Å²) in [4.78, 5) is 22.8. The number of hydrogen-bond acceptors (Lipinski definition) is 4. The Morgan fingerprint density at radius 2 is 2.26 bits per heavy atom. The van der Waals surface area contributed by atoms with Crippen molar-refractivity contribution in [2.24, 2.45) is 0 Å². The number of carbonyl (C=O) groups is 1. The smallest absolute Gasteiger partial charge is 0.271 e. The zero-order valence-corrected chi connectivity index (χ0v) is 10.1. The number of fused-ring (bicyclic) bond motifs is 1. The van der Waals surface area contributed by atoms with Crippen molar-refractivity contribution in [2.45, 2.75) is 25.3 Å². The topological polar surface area (TPSA) is 104 Å². The number of nitrogens with zero attached hydrogens (tertiary/aromatic N) is 2. The van der Waals surface area contributed by atoms with E-state index in [1.807, 2.05) is 6.20 Å². The summed E-state index contributed by atoms with van der Waals surface area (Å²) in [7, 11) is 0. The third kappa shape index (κ3) is 2.40. The second kappa shape index (κ2) is 4.68. The fourth-order valence-corrected chi connectivity index (χ4v) is 2.26. The van der Waals surface area contributed by atoms with Gasteiger partial charge in [-0.05, 0) is 24.5 Å². The van der Waals surface area contributed by atoms with Gasteiger partial charge in [-0.25, -0.2) is 5.10 Å². The van der Waals surface area contributed by atoms with E-state index in [9.17, 15) is 9.59 Å². The lowest BCUT2D eigenvalue weighted by molar-refractivity contribution is 0.0927. The van der Waals surface area contributed by atoms with Crippen molar-refractivity contribution in [3.05, 3.63) is 45.6 Å². The van der Waals surface area contributed by atoms with Gasteiger partial charge in [0.25, 0.3) is 11.5 Å². The Morgan fingerprint density at radius 3 is 3.05 bits per heavy atom. The summed E-state index contributed by atoms with van der Waals surface area (Å²) in [5.74, 6) is -0.274. The Balaban J connectivity index is 1.68. The van der Waals surface area contributed by atoms with E-state index in [0.29, 0.717) is 0 Å². The minimum Gasteiger partial charge on any atom is -0.348 e. The van der Waals surface area contributed by atoms with Crippen LogP contribution in [0.5, 0.6) is 0 Å². The highest BCUT2D eigenvalue weighted by Crippen LogP contribution is 2.18. The van der Waals surface area contributed by atoms with Crippen LogP contribution in [0.3, 0.4) is 0 Å². The number of H-pyrrole nitrogens is 2. The molecule has 0 radical (unpaired) electrons. The van der Waals surface area contributed by atoms with E-state index >= 15 is 0 Å². The maximum atomic E-state index is 12.0. The van der Waals surface area contributed by atoms with Crippen LogP contribution in [0.2, 0.25) is 0 Å². The number of aromatic amines is 2. The van der Waals surface area contributed by atoms with Crippen LogP contribution >= 0.6 is 0 Å². The van der Waals surface area contributed by atoms with Gasteiger partial charge < -0.3 is 5.32 Å². The molecule has 0 fully saturated rings. The van der Waals surface area contributed by atoms with Gasteiger partial charge in [0.15, 0.2) is 0 Å². The lowest BCUT2D eigenvalue weighted by atomic mass is 9.94. The first-order valence-electron chi connectivity index (χ1n) is 6.10. The molecule has 0 spiro atoms. The standard InChI is InChI=1S/C12H13N5O2/c18-11-4-3-9(16-17-11)12(19)14-8-2-1-7-6-13-15-10(7)5-8/h3-4,6,8H,1-2,5H2,(H,13,15)(H,14,19)(H,17,18). The molecule has 1 amide bonds. The SMILES string of the molecule is O=C(NC1CCc2cn[nH]c2C1)c1ccc(=O)[nH]n1. The van der Waals surface area contributed by atoms with Gasteiger partial charge in [0.2, 0.25) is 0 Å². The third-order valence-electron chi connectivity index (χ3n) is 3.27. The number of aromatic nitrogens is 4. The number of hydrogen-bond donors (Lipinski definition) is 3. The van der Waals surface area contributed by atoms with Gasteiger partial charge in [-0.15, -0.1) is 0 Å². The quantitative estimate of drug-likeness (QED) is 0.693. The Morgan fingerprint density at radius 1 is 1.37 bits per heavy atom.